The van der Waals surface area contributed by atoms with Crippen molar-refractivity contribution in [3.63, 3.8) is 0 Å². The van der Waals surface area contributed by atoms with Gasteiger partial charge in [-0.15, -0.1) is 0 Å². The molecule has 0 fully saturated rings. The second kappa shape index (κ2) is 5.34. The molecule has 1 aliphatic rings. The van der Waals surface area contributed by atoms with Gasteiger partial charge in [0.15, 0.2) is 16.3 Å². The van der Waals surface area contributed by atoms with Crippen LogP contribution in [0.1, 0.15) is 16.8 Å². The molecule has 1 aromatic heterocycles. The number of aromatic amines is 1. The number of aromatic nitrogens is 2. The molecule has 0 bridgehead atoms. The van der Waals surface area contributed by atoms with E-state index in [4.69, 9.17) is 12.2 Å². The summed E-state index contributed by atoms with van der Waals surface area (Å²) in [5.74, 6) is -1.07. The lowest BCUT2D eigenvalue weighted by atomic mass is 10.1. The monoisotopic (exact) mass is 305 g/mol. The van der Waals surface area contributed by atoms with E-state index in [0.717, 1.165) is 24.2 Å². The number of nitrogens with one attached hydrogen (secondary N) is 1. The van der Waals surface area contributed by atoms with E-state index < -0.39 is 5.75 Å². The van der Waals surface area contributed by atoms with Crippen LogP contribution in [0.2, 0.25) is 0 Å². The standard InChI is InChI=1S/C14H15N3O3S/c18-11-2-1-8(12(19)13(11)20)6-17-4-3-10-9(7-17)5-15-14(21)16-10/h1-2,5,18-20H,3-4,6-7H2,(H,15,16,21). The van der Waals surface area contributed by atoms with Gasteiger partial charge in [0.2, 0.25) is 5.75 Å². The Balaban J connectivity index is 1.80. The van der Waals surface area contributed by atoms with Crippen molar-refractivity contribution in [3.05, 3.63) is 39.9 Å². The summed E-state index contributed by atoms with van der Waals surface area (Å²) in [5, 5.41) is 28.8. The lowest BCUT2D eigenvalue weighted by molar-refractivity contribution is 0.238. The Morgan fingerprint density at radius 3 is 2.86 bits per heavy atom. The van der Waals surface area contributed by atoms with Gasteiger partial charge in [0, 0.05) is 49.1 Å². The largest absolute Gasteiger partial charge is 0.504 e. The number of H-pyrrole nitrogens is 1. The molecule has 6 nitrogen and oxygen atoms in total. The Kier molecular flexibility index (Phi) is 3.52. The highest BCUT2D eigenvalue weighted by atomic mass is 32.1. The number of aromatic hydroxyl groups is 3. The SMILES string of the molecule is Oc1ccc(CN2CCc3[nH]c(=S)ncc3C2)c(O)c1O. The smallest absolute Gasteiger partial charge is 0.200 e. The number of rotatable bonds is 2. The van der Waals surface area contributed by atoms with E-state index in [0.29, 0.717) is 23.4 Å². The van der Waals surface area contributed by atoms with Crippen LogP contribution in [0.25, 0.3) is 0 Å². The van der Waals surface area contributed by atoms with Gasteiger partial charge in [0.25, 0.3) is 0 Å². The molecule has 1 aromatic carbocycles. The quantitative estimate of drug-likeness (QED) is 0.499. The van der Waals surface area contributed by atoms with E-state index in [1.807, 2.05) is 0 Å². The third kappa shape index (κ3) is 2.70. The fourth-order valence-electron chi connectivity index (χ4n) is 2.52. The first-order valence-corrected chi connectivity index (χ1v) is 6.97. The van der Waals surface area contributed by atoms with E-state index in [9.17, 15) is 15.3 Å². The number of phenolic OH excluding ortho intramolecular Hbond substituents is 3. The van der Waals surface area contributed by atoms with Crippen LogP contribution >= 0.6 is 12.2 Å². The number of hydrogen-bond acceptors (Lipinski definition) is 6. The Morgan fingerprint density at radius 2 is 2.05 bits per heavy atom. The molecule has 0 radical (unpaired) electrons. The summed E-state index contributed by atoms with van der Waals surface area (Å²) in [4.78, 5) is 9.31. The van der Waals surface area contributed by atoms with Crippen molar-refractivity contribution >= 4 is 12.2 Å². The van der Waals surface area contributed by atoms with Gasteiger partial charge in [-0.1, -0.05) is 6.07 Å². The fraction of sp³-hybridized carbons (Fsp3) is 0.286. The number of phenols is 3. The lowest BCUT2D eigenvalue weighted by Crippen LogP contribution is -2.30. The molecule has 0 saturated carbocycles. The molecule has 0 spiro atoms. The average Bonchev–Trinajstić information content (AvgIpc) is 2.48. The molecule has 2 heterocycles. The molecule has 4 N–H and O–H groups in total. The molecule has 110 valence electrons. The van der Waals surface area contributed by atoms with Crippen LogP contribution in [0.15, 0.2) is 18.3 Å². The molecule has 7 heteroatoms. The zero-order valence-corrected chi connectivity index (χ0v) is 12.0. The first-order valence-electron chi connectivity index (χ1n) is 6.57. The maximum Gasteiger partial charge on any atom is 0.200 e. The fourth-order valence-corrected chi connectivity index (χ4v) is 2.70. The summed E-state index contributed by atoms with van der Waals surface area (Å²) < 4.78 is 0.489. The van der Waals surface area contributed by atoms with Gasteiger partial charge in [-0.25, -0.2) is 4.98 Å². The maximum absolute atomic E-state index is 9.87. The van der Waals surface area contributed by atoms with Crippen molar-refractivity contribution in [2.24, 2.45) is 0 Å². The van der Waals surface area contributed by atoms with E-state index >= 15 is 0 Å². The highest BCUT2D eigenvalue weighted by Crippen LogP contribution is 2.37. The van der Waals surface area contributed by atoms with Crippen LogP contribution in [-0.2, 0) is 19.5 Å². The van der Waals surface area contributed by atoms with Gasteiger partial charge >= 0.3 is 0 Å². The third-order valence-corrected chi connectivity index (χ3v) is 3.87. The minimum Gasteiger partial charge on any atom is -0.504 e. The van der Waals surface area contributed by atoms with Crippen LogP contribution in [-0.4, -0.2) is 36.7 Å². The van der Waals surface area contributed by atoms with E-state index in [1.165, 1.54) is 6.07 Å². The molecule has 1 aliphatic heterocycles. The minimum atomic E-state index is -0.476. The van der Waals surface area contributed by atoms with Crippen molar-refractivity contribution in [1.82, 2.24) is 14.9 Å². The van der Waals surface area contributed by atoms with Gasteiger partial charge in [-0.05, 0) is 18.3 Å². The van der Waals surface area contributed by atoms with Gasteiger partial charge in [0.1, 0.15) is 0 Å². The second-order valence-electron chi connectivity index (χ2n) is 5.09. The highest BCUT2D eigenvalue weighted by molar-refractivity contribution is 7.71. The number of nitrogens with zero attached hydrogens (tertiary/aromatic N) is 2. The number of fused-ring (bicyclic) bond motifs is 1. The molecular formula is C14H15N3O3S. The highest BCUT2D eigenvalue weighted by Gasteiger charge is 2.19. The topological polar surface area (TPSA) is 92.6 Å². The van der Waals surface area contributed by atoms with Crippen LogP contribution in [0.3, 0.4) is 0 Å². The summed E-state index contributed by atoms with van der Waals surface area (Å²) >= 11 is 5.01. The first-order chi connectivity index (χ1) is 10.0. The van der Waals surface area contributed by atoms with Gasteiger partial charge < -0.3 is 20.3 Å². The predicted molar refractivity (Wildman–Crippen MR) is 78.7 cm³/mol. The van der Waals surface area contributed by atoms with Crippen molar-refractivity contribution < 1.29 is 15.3 Å². The summed E-state index contributed by atoms with van der Waals surface area (Å²) in [6.45, 7) is 1.98. The maximum atomic E-state index is 9.87. The van der Waals surface area contributed by atoms with Crippen molar-refractivity contribution in [3.8, 4) is 17.2 Å². The average molecular weight is 305 g/mol. The van der Waals surface area contributed by atoms with Crippen LogP contribution in [0.5, 0.6) is 17.2 Å². The molecule has 0 atom stereocenters. The molecule has 21 heavy (non-hydrogen) atoms. The Labute approximate surface area is 126 Å². The Morgan fingerprint density at radius 1 is 1.24 bits per heavy atom. The molecule has 0 amide bonds. The molecular weight excluding hydrogens is 290 g/mol. The molecule has 0 saturated heterocycles. The third-order valence-electron chi connectivity index (χ3n) is 3.66. The van der Waals surface area contributed by atoms with E-state index in [2.05, 4.69) is 14.9 Å². The van der Waals surface area contributed by atoms with Gasteiger partial charge in [-0.2, -0.15) is 0 Å². The summed E-state index contributed by atoms with van der Waals surface area (Å²) in [7, 11) is 0. The van der Waals surface area contributed by atoms with Gasteiger partial charge in [0.05, 0.1) is 0 Å². The van der Waals surface area contributed by atoms with E-state index in [1.54, 1.807) is 12.3 Å². The van der Waals surface area contributed by atoms with Crippen LogP contribution < -0.4 is 0 Å². The molecule has 3 rings (SSSR count). The van der Waals surface area contributed by atoms with Crippen molar-refractivity contribution in [2.75, 3.05) is 6.54 Å². The zero-order valence-electron chi connectivity index (χ0n) is 11.2. The Bertz CT molecular complexity index is 745. The second-order valence-corrected chi connectivity index (χ2v) is 5.48. The van der Waals surface area contributed by atoms with E-state index in [-0.39, 0.29) is 11.5 Å². The van der Waals surface area contributed by atoms with Crippen LogP contribution in [0.4, 0.5) is 0 Å². The zero-order chi connectivity index (χ0) is 15.0. The summed E-state index contributed by atoms with van der Waals surface area (Å²) in [5.41, 5.74) is 2.76. The van der Waals surface area contributed by atoms with Crippen molar-refractivity contribution in [2.45, 2.75) is 19.5 Å². The first kappa shape index (κ1) is 13.8. The number of hydrogen-bond donors (Lipinski definition) is 4. The molecule has 2 aromatic rings. The minimum absolute atomic E-state index is 0.272. The predicted octanol–water partition coefficient (Wildman–Crippen LogP) is 1.81. The molecule has 0 aliphatic carbocycles. The summed E-state index contributed by atoms with van der Waals surface area (Å²) in [6.07, 6.45) is 2.60. The van der Waals surface area contributed by atoms with Crippen molar-refractivity contribution in [1.29, 1.82) is 0 Å². The normalized spacial score (nSPS) is 14.9. The summed E-state index contributed by atoms with van der Waals surface area (Å²) in [6, 6.07) is 2.98. The van der Waals surface area contributed by atoms with Gasteiger partial charge in [-0.3, -0.25) is 4.90 Å². The molecule has 0 unspecified atom stereocenters. The number of benzene rings is 1. The van der Waals surface area contributed by atoms with Crippen LogP contribution in [0, 0.1) is 4.77 Å². The lowest BCUT2D eigenvalue weighted by Gasteiger charge is -2.28. The Hall–Kier alpha value is -2.12.